The molecule has 0 fully saturated rings. The number of primary amides is 1. The van der Waals surface area contributed by atoms with Crippen LogP contribution in [0.15, 0.2) is 47.4 Å². The summed E-state index contributed by atoms with van der Waals surface area (Å²) in [4.78, 5) is 35.5. The van der Waals surface area contributed by atoms with E-state index in [1.807, 2.05) is 13.8 Å². The molecule has 0 spiro atoms. The molecule has 0 aromatic heterocycles. The second kappa shape index (κ2) is 10.7. The summed E-state index contributed by atoms with van der Waals surface area (Å²) in [5.41, 5.74) is 7.38. The van der Waals surface area contributed by atoms with E-state index in [9.17, 15) is 22.8 Å². The van der Waals surface area contributed by atoms with Gasteiger partial charge in [0, 0.05) is 25.9 Å². The molecule has 0 unspecified atom stereocenters. The molecule has 2 aromatic rings. The van der Waals surface area contributed by atoms with Crippen LogP contribution in [0.2, 0.25) is 0 Å². The maximum atomic E-state index is 12.4. The number of nitrogens with two attached hydrogens (primary N) is 1. The van der Waals surface area contributed by atoms with Crippen molar-refractivity contribution in [2.45, 2.75) is 31.6 Å². The lowest BCUT2D eigenvalue weighted by atomic mass is 10.1. The van der Waals surface area contributed by atoms with Gasteiger partial charge < -0.3 is 16.4 Å². The Morgan fingerprint density at radius 2 is 1.65 bits per heavy atom. The van der Waals surface area contributed by atoms with Gasteiger partial charge in [0.1, 0.15) is 0 Å². The largest absolute Gasteiger partial charge is 0.370 e. The van der Waals surface area contributed by atoms with Crippen molar-refractivity contribution in [3.63, 3.8) is 0 Å². The van der Waals surface area contributed by atoms with Gasteiger partial charge in [-0.05, 0) is 49.2 Å². The summed E-state index contributed by atoms with van der Waals surface area (Å²) in [5, 5.41) is 5.16. The van der Waals surface area contributed by atoms with Gasteiger partial charge in [0.2, 0.25) is 21.8 Å². The van der Waals surface area contributed by atoms with Crippen LogP contribution in [0.25, 0.3) is 0 Å². The highest BCUT2D eigenvalue weighted by Gasteiger charge is 2.16. The van der Waals surface area contributed by atoms with Crippen molar-refractivity contribution in [2.75, 3.05) is 18.4 Å². The average molecular weight is 447 g/mol. The number of anilines is 1. The Labute approximate surface area is 181 Å². The maximum absolute atomic E-state index is 12.4. The lowest BCUT2D eigenvalue weighted by Gasteiger charge is -2.12. The quantitative estimate of drug-likeness (QED) is 0.433. The van der Waals surface area contributed by atoms with E-state index in [2.05, 4.69) is 15.4 Å². The van der Waals surface area contributed by atoms with Crippen molar-refractivity contribution in [2.24, 2.45) is 5.73 Å². The van der Waals surface area contributed by atoms with Crippen LogP contribution < -0.4 is 21.1 Å². The molecule has 0 saturated carbocycles. The smallest absolute Gasteiger partial charge is 0.253 e. The molecule has 0 bridgehead atoms. The topological polar surface area (TPSA) is 147 Å². The van der Waals surface area contributed by atoms with E-state index in [0.717, 1.165) is 11.1 Å². The first-order chi connectivity index (χ1) is 14.6. The van der Waals surface area contributed by atoms with Crippen molar-refractivity contribution in [3.05, 3.63) is 59.2 Å². The molecule has 10 heteroatoms. The summed E-state index contributed by atoms with van der Waals surface area (Å²) in [7, 11) is -3.74. The number of benzene rings is 2. The summed E-state index contributed by atoms with van der Waals surface area (Å²) < 4.78 is 27.2. The minimum atomic E-state index is -3.74. The Bertz CT molecular complexity index is 1080. The molecule has 31 heavy (non-hydrogen) atoms. The summed E-state index contributed by atoms with van der Waals surface area (Å²) in [6.07, 6.45) is -0.122. The Balaban J connectivity index is 1.93. The van der Waals surface area contributed by atoms with Gasteiger partial charge in [-0.2, -0.15) is 0 Å². The van der Waals surface area contributed by atoms with Gasteiger partial charge in [0.15, 0.2) is 0 Å². The van der Waals surface area contributed by atoms with Crippen molar-refractivity contribution in [3.8, 4) is 0 Å². The van der Waals surface area contributed by atoms with Crippen LogP contribution in [-0.2, 0) is 19.6 Å². The van der Waals surface area contributed by atoms with E-state index in [0.29, 0.717) is 0 Å². The molecule has 5 N–H and O–H groups in total. The Kier molecular flexibility index (Phi) is 8.29. The molecule has 0 heterocycles. The molecule has 166 valence electrons. The highest BCUT2D eigenvalue weighted by Crippen LogP contribution is 2.16. The molecule has 3 amide bonds. The summed E-state index contributed by atoms with van der Waals surface area (Å²) in [5.74, 6) is -1.46. The highest BCUT2D eigenvalue weighted by molar-refractivity contribution is 7.89. The molecule has 2 rings (SSSR count). The van der Waals surface area contributed by atoms with E-state index in [-0.39, 0.29) is 42.1 Å². The third-order valence-corrected chi connectivity index (χ3v) is 5.99. The number of carbonyl (C=O) groups excluding carboxylic acids is 3. The Hall–Kier alpha value is -3.24. The third-order valence-electron chi connectivity index (χ3n) is 4.54. The van der Waals surface area contributed by atoms with Gasteiger partial charge >= 0.3 is 0 Å². The maximum Gasteiger partial charge on any atom is 0.253 e. The van der Waals surface area contributed by atoms with E-state index in [1.165, 1.54) is 12.1 Å². The fourth-order valence-corrected chi connectivity index (χ4v) is 3.78. The van der Waals surface area contributed by atoms with Gasteiger partial charge in [-0.25, -0.2) is 13.1 Å². The zero-order valence-corrected chi connectivity index (χ0v) is 18.2. The fraction of sp³-hybridized carbons (Fsp3) is 0.286. The zero-order chi connectivity index (χ0) is 23.0. The van der Waals surface area contributed by atoms with Gasteiger partial charge in [-0.1, -0.05) is 18.2 Å². The molecule has 2 aromatic carbocycles. The van der Waals surface area contributed by atoms with Crippen molar-refractivity contribution < 1.29 is 22.8 Å². The summed E-state index contributed by atoms with van der Waals surface area (Å²) >= 11 is 0. The van der Waals surface area contributed by atoms with Crippen molar-refractivity contribution >= 4 is 33.4 Å². The third kappa shape index (κ3) is 7.19. The number of hydrogen-bond acceptors (Lipinski definition) is 5. The molecular formula is C21H26N4O5S. The minimum absolute atomic E-state index is 0.000909. The number of para-hydroxylation sites is 1. The molecule has 0 aliphatic heterocycles. The first kappa shape index (κ1) is 24.0. The summed E-state index contributed by atoms with van der Waals surface area (Å²) in [6.45, 7) is 3.69. The zero-order valence-electron chi connectivity index (χ0n) is 17.4. The van der Waals surface area contributed by atoms with Crippen LogP contribution in [0.1, 0.15) is 34.3 Å². The predicted molar refractivity (Wildman–Crippen MR) is 117 cm³/mol. The second-order valence-electron chi connectivity index (χ2n) is 6.96. The van der Waals surface area contributed by atoms with Gasteiger partial charge in [0.05, 0.1) is 16.1 Å². The second-order valence-corrected chi connectivity index (χ2v) is 8.73. The van der Waals surface area contributed by atoms with Crippen LogP contribution in [0.3, 0.4) is 0 Å². The van der Waals surface area contributed by atoms with E-state index in [4.69, 9.17) is 5.73 Å². The predicted octanol–water partition coefficient (Wildman–Crippen LogP) is 1.22. The number of nitrogens with one attached hydrogen (secondary N) is 3. The van der Waals surface area contributed by atoms with Crippen molar-refractivity contribution in [1.29, 1.82) is 0 Å². The van der Waals surface area contributed by atoms with E-state index in [1.54, 1.807) is 30.3 Å². The van der Waals surface area contributed by atoms with Gasteiger partial charge in [-0.15, -0.1) is 0 Å². The van der Waals surface area contributed by atoms with Crippen LogP contribution in [0.5, 0.6) is 0 Å². The number of hydrogen-bond donors (Lipinski definition) is 4. The molecule has 0 aliphatic carbocycles. The van der Waals surface area contributed by atoms with Crippen LogP contribution >= 0.6 is 0 Å². The number of rotatable bonds is 10. The number of carbonyl (C=O) groups is 3. The van der Waals surface area contributed by atoms with Crippen LogP contribution in [0.4, 0.5) is 5.69 Å². The first-order valence-electron chi connectivity index (χ1n) is 9.62. The van der Waals surface area contributed by atoms with Crippen LogP contribution in [0, 0.1) is 13.8 Å². The lowest BCUT2D eigenvalue weighted by Crippen LogP contribution is -2.30. The fourth-order valence-electron chi connectivity index (χ4n) is 2.66. The van der Waals surface area contributed by atoms with Crippen molar-refractivity contribution in [1.82, 2.24) is 10.0 Å². The molecule has 9 nitrogen and oxygen atoms in total. The van der Waals surface area contributed by atoms with Gasteiger partial charge in [-0.3, -0.25) is 14.4 Å². The highest BCUT2D eigenvalue weighted by atomic mass is 32.2. The average Bonchev–Trinajstić information content (AvgIpc) is 2.69. The molecule has 0 radical (unpaired) electrons. The molecule has 0 saturated heterocycles. The molecule has 0 atom stereocenters. The SMILES string of the molecule is Cc1ccc(S(=O)(=O)NCCC(=O)Nc2ccccc2C(=O)NCCC(N)=O)cc1C. The molecule has 0 aliphatic rings. The Morgan fingerprint density at radius 3 is 2.32 bits per heavy atom. The van der Waals surface area contributed by atoms with Gasteiger partial charge in [0.25, 0.3) is 5.91 Å². The summed E-state index contributed by atoms with van der Waals surface area (Å²) in [6, 6.07) is 11.2. The standard InChI is InChI=1S/C21H26N4O5S/c1-14-7-8-16(13-15(14)2)31(29,30)24-12-10-20(27)25-18-6-4-3-5-17(18)21(28)23-11-9-19(22)26/h3-8,13,24H,9-12H2,1-2H3,(H2,22,26)(H,23,28)(H,25,27). The molecular weight excluding hydrogens is 420 g/mol. The Morgan fingerprint density at radius 1 is 0.935 bits per heavy atom. The number of sulfonamides is 1. The lowest BCUT2D eigenvalue weighted by molar-refractivity contribution is -0.118. The minimum Gasteiger partial charge on any atom is -0.370 e. The van der Waals surface area contributed by atoms with E-state index >= 15 is 0 Å². The number of amides is 3. The first-order valence-corrected chi connectivity index (χ1v) is 11.1. The monoisotopic (exact) mass is 446 g/mol. The normalized spacial score (nSPS) is 11.0. The van der Waals surface area contributed by atoms with Crippen LogP contribution in [-0.4, -0.2) is 39.2 Å². The number of aryl methyl sites for hydroxylation is 2. The van der Waals surface area contributed by atoms with E-state index < -0.39 is 27.7 Å².